The zero-order valence-electron chi connectivity index (χ0n) is 19.1. The minimum Gasteiger partial charge on any atom is -0.366 e. The van der Waals surface area contributed by atoms with Crippen LogP contribution in [0.2, 0.25) is 5.02 Å². The van der Waals surface area contributed by atoms with E-state index < -0.39 is 11.1 Å². The number of anilines is 2. The molecule has 0 bridgehead atoms. The van der Waals surface area contributed by atoms with Crippen molar-refractivity contribution in [2.75, 3.05) is 23.9 Å². The van der Waals surface area contributed by atoms with Crippen LogP contribution in [0.25, 0.3) is 0 Å². The molecule has 1 N–H and O–H groups in total. The van der Waals surface area contributed by atoms with Gasteiger partial charge in [-0.1, -0.05) is 75.7 Å². The molecule has 162 valence electrons. The summed E-state index contributed by atoms with van der Waals surface area (Å²) in [5.41, 5.74) is 4.21. The maximum absolute atomic E-state index is 11.6. The fourth-order valence-corrected chi connectivity index (χ4v) is 5.30. The Labute approximate surface area is 190 Å². The first-order valence-corrected chi connectivity index (χ1v) is 11.1. The van der Waals surface area contributed by atoms with E-state index >= 15 is 0 Å². The second-order valence-electron chi connectivity index (χ2n) is 9.57. The molecule has 2 aliphatic rings. The summed E-state index contributed by atoms with van der Waals surface area (Å²) < 4.78 is 0. The average Bonchev–Trinajstić information content (AvgIpc) is 3.00. The normalized spacial score (nSPS) is 25.1. The highest BCUT2D eigenvalue weighted by molar-refractivity contribution is 6.30. The van der Waals surface area contributed by atoms with Crippen LogP contribution in [0.4, 0.5) is 11.4 Å². The number of fused-ring (bicyclic) bond motifs is 2. The fourth-order valence-electron chi connectivity index (χ4n) is 5.12. The first kappa shape index (κ1) is 21.7. The zero-order chi connectivity index (χ0) is 22.6. The van der Waals surface area contributed by atoms with Gasteiger partial charge in [0, 0.05) is 47.0 Å². The van der Waals surface area contributed by atoms with E-state index in [2.05, 4.69) is 70.0 Å². The molecule has 0 fully saturated rings. The predicted octanol–water partition coefficient (Wildman–Crippen LogP) is 6.18. The van der Waals surface area contributed by atoms with E-state index in [4.69, 9.17) is 11.6 Å². The Hall–Kier alpha value is -2.49. The van der Waals surface area contributed by atoms with Gasteiger partial charge in [0.1, 0.15) is 0 Å². The second-order valence-corrected chi connectivity index (χ2v) is 10.0. The minimum atomic E-state index is -1.09. The fraction of sp³-hybridized carbons (Fsp3) is 0.333. The van der Waals surface area contributed by atoms with Crippen molar-refractivity contribution in [2.24, 2.45) is 0 Å². The van der Waals surface area contributed by atoms with Crippen LogP contribution < -0.4 is 9.80 Å². The number of hydrogen-bond donors (Lipinski definition) is 1. The lowest BCUT2D eigenvalue weighted by Gasteiger charge is -2.39. The quantitative estimate of drug-likeness (QED) is 0.584. The lowest BCUT2D eigenvalue weighted by molar-refractivity contribution is 0.0341. The SMILES string of the molecule is CN1/C(=C/C=C/C=C/C2(O)N(C)c3ccccc3C2(C)C)C(C)(C)c2cc(Cl)ccc21. The van der Waals surface area contributed by atoms with E-state index in [1.54, 1.807) is 0 Å². The van der Waals surface area contributed by atoms with Crippen molar-refractivity contribution >= 4 is 23.0 Å². The molecule has 31 heavy (non-hydrogen) atoms. The van der Waals surface area contributed by atoms with Gasteiger partial charge in [0.15, 0.2) is 5.72 Å². The molecule has 0 spiro atoms. The average molecular weight is 435 g/mol. The van der Waals surface area contributed by atoms with Crippen molar-refractivity contribution in [2.45, 2.75) is 44.2 Å². The van der Waals surface area contributed by atoms with E-state index in [0.717, 1.165) is 16.3 Å². The molecule has 3 nitrogen and oxygen atoms in total. The first-order valence-electron chi connectivity index (χ1n) is 10.7. The summed E-state index contributed by atoms with van der Waals surface area (Å²) in [5, 5.41) is 12.3. The number of allylic oxidation sites excluding steroid dienone is 5. The van der Waals surface area contributed by atoms with Crippen LogP contribution in [0.3, 0.4) is 0 Å². The predicted molar refractivity (Wildman–Crippen MR) is 132 cm³/mol. The van der Waals surface area contributed by atoms with Gasteiger partial charge in [-0.3, -0.25) is 0 Å². The third-order valence-electron chi connectivity index (χ3n) is 7.17. The number of benzene rings is 2. The number of aliphatic hydroxyl groups is 1. The first-order chi connectivity index (χ1) is 14.5. The largest absolute Gasteiger partial charge is 0.366 e. The maximum Gasteiger partial charge on any atom is 0.166 e. The molecule has 1 atom stereocenters. The van der Waals surface area contributed by atoms with E-state index in [-0.39, 0.29) is 5.41 Å². The third kappa shape index (κ3) is 3.14. The van der Waals surface area contributed by atoms with Crippen LogP contribution in [0.1, 0.15) is 38.8 Å². The van der Waals surface area contributed by atoms with E-state index in [1.165, 1.54) is 16.9 Å². The molecule has 0 aromatic heterocycles. The van der Waals surface area contributed by atoms with Crippen molar-refractivity contribution in [3.05, 3.63) is 94.7 Å². The van der Waals surface area contributed by atoms with Crippen molar-refractivity contribution in [3.8, 4) is 0 Å². The van der Waals surface area contributed by atoms with Crippen LogP contribution in [-0.4, -0.2) is 24.9 Å². The number of rotatable bonds is 3. The molecule has 0 saturated heterocycles. The molecule has 4 heteroatoms. The van der Waals surface area contributed by atoms with Gasteiger partial charge in [-0.15, -0.1) is 0 Å². The summed E-state index contributed by atoms with van der Waals surface area (Å²) in [5.74, 6) is 0. The molecular formula is C27H31ClN2O. The molecule has 2 heterocycles. The van der Waals surface area contributed by atoms with Crippen LogP contribution in [0.15, 0.2) is 78.5 Å². The summed E-state index contributed by atoms with van der Waals surface area (Å²) in [4.78, 5) is 4.18. The molecule has 0 saturated carbocycles. The highest BCUT2D eigenvalue weighted by Crippen LogP contribution is 2.50. The molecule has 2 aromatic carbocycles. The third-order valence-corrected chi connectivity index (χ3v) is 7.41. The molecule has 4 rings (SSSR count). The van der Waals surface area contributed by atoms with Crippen LogP contribution >= 0.6 is 11.6 Å². The molecule has 0 amide bonds. The van der Waals surface area contributed by atoms with Gasteiger partial charge in [-0.25, -0.2) is 0 Å². The van der Waals surface area contributed by atoms with Gasteiger partial charge in [-0.05, 0) is 47.5 Å². The number of hydrogen-bond acceptors (Lipinski definition) is 3. The van der Waals surface area contributed by atoms with Crippen LogP contribution in [0, 0.1) is 0 Å². The Morgan fingerprint density at radius 1 is 0.871 bits per heavy atom. The van der Waals surface area contributed by atoms with Gasteiger partial charge in [0.05, 0.1) is 0 Å². The highest BCUT2D eigenvalue weighted by Gasteiger charge is 2.53. The van der Waals surface area contributed by atoms with Crippen molar-refractivity contribution in [1.29, 1.82) is 0 Å². The van der Waals surface area contributed by atoms with E-state index in [9.17, 15) is 5.11 Å². The molecule has 1 unspecified atom stereocenters. The van der Waals surface area contributed by atoms with Crippen LogP contribution in [-0.2, 0) is 10.8 Å². The Morgan fingerprint density at radius 2 is 1.58 bits per heavy atom. The minimum absolute atomic E-state index is 0.128. The number of nitrogens with zero attached hydrogens (tertiary/aromatic N) is 2. The molecule has 2 aromatic rings. The second kappa shape index (κ2) is 7.29. The summed E-state index contributed by atoms with van der Waals surface area (Å²) in [7, 11) is 4.04. The Kier molecular flexibility index (Phi) is 5.11. The lowest BCUT2D eigenvalue weighted by atomic mass is 9.77. The zero-order valence-corrected chi connectivity index (χ0v) is 19.9. The van der Waals surface area contributed by atoms with E-state index in [0.29, 0.717) is 0 Å². The van der Waals surface area contributed by atoms with Gasteiger partial charge in [-0.2, -0.15) is 0 Å². The van der Waals surface area contributed by atoms with Crippen LogP contribution in [0.5, 0.6) is 0 Å². The van der Waals surface area contributed by atoms with Gasteiger partial charge in [0.2, 0.25) is 0 Å². The van der Waals surface area contributed by atoms with Crippen molar-refractivity contribution in [1.82, 2.24) is 0 Å². The lowest BCUT2D eigenvalue weighted by Crippen LogP contribution is -2.52. The number of halogens is 1. The maximum atomic E-state index is 11.6. The monoisotopic (exact) mass is 434 g/mol. The summed E-state index contributed by atoms with van der Waals surface area (Å²) >= 11 is 6.25. The van der Waals surface area contributed by atoms with Gasteiger partial charge in [0.25, 0.3) is 0 Å². The summed E-state index contributed by atoms with van der Waals surface area (Å²) in [6.07, 6.45) is 9.99. The Bertz CT molecular complexity index is 1110. The Morgan fingerprint density at radius 3 is 2.29 bits per heavy atom. The van der Waals surface area contributed by atoms with Crippen molar-refractivity contribution in [3.63, 3.8) is 0 Å². The topological polar surface area (TPSA) is 26.7 Å². The van der Waals surface area contributed by atoms with E-state index in [1.807, 2.05) is 54.5 Å². The van der Waals surface area contributed by atoms with Crippen molar-refractivity contribution < 1.29 is 5.11 Å². The highest BCUT2D eigenvalue weighted by atomic mass is 35.5. The number of para-hydroxylation sites is 1. The number of likely N-dealkylation sites (N-methyl/N-ethyl adjacent to an activating group) is 2. The Balaban J connectivity index is 1.58. The molecular weight excluding hydrogens is 404 g/mol. The molecule has 0 radical (unpaired) electrons. The van der Waals surface area contributed by atoms with Gasteiger partial charge >= 0.3 is 0 Å². The summed E-state index contributed by atoms with van der Waals surface area (Å²) in [6.45, 7) is 8.61. The summed E-state index contributed by atoms with van der Waals surface area (Å²) in [6, 6.07) is 14.3. The van der Waals surface area contributed by atoms with Gasteiger partial charge < -0.3 is 14.9 Å². The smallest absolute Gasteiger partial charge is 0.166 e. The molecule has 0 aliphatic carbocycles. The molecule has 2 aliphatic heterocycles. The standard InChI is InChI=1S/C27H31ClN2O/c1-25(2)21-18-19(28)15-16-22(21)29(5)24(25)14-8-7-11-17-27(31)26(3,4)20-12-9-10-13-23(20)30(27)6/h7-18,31H,1-6H3/b8-7+,17-11+,24-14+.